The van der Waals surface area contributed by atoms with E-state index < -0.39 is 5.97 Å². The van der Waals surface area contributed by atoms with Crippen LogP contribution in [0.4, 0.5) is 0 Å². The van der Waals surface area contributed by atoms with E-state index in [4.69, 9.17) is 5.11 Å². The minimum Gasteiger partial charge on any atom is -0.507 e. The van der Waals surface area contributed by atoms with Crippen molar-refractivity contribution in [2.45, 2.75) is 12.8 Å². The van der Waals surface area contributed by atoms with Crippen LogP contribution in [0, 0.1) is 0 Å². The van der Waals surface area contributed by atoms with Crippen LogP contribution in [0.15, 0.2) is 18.2 Å². The number of allylic oxidation sites excluding steroid dienone is 1. The molecule has 1 aromatic rings. The van der Waals surface area contributed by atoms with Crippen LogP contribution in [-0.4, -0.2) is 34.4 Å². The molecule has 3 N–H and O–H groups in total. The number of carboxylic acids is 1. The molecule has 0 radical (unpaired) electrons. The highest BCUT2D eigenvalue weighted by molar-refractivity contribution is 5.89. The van der Waals surface area contributed by atoms with Gasteiger partial charge in [0.15, 0.2) is 0 Å². The highest BCUT2D eigenvalue weighted by Crippen LogP contribution is 2.30. The van der Waals surface area contributed by atoms with Crippen molar-refractivity contribution in [1.29, 1.82) is 0 Å². The van der Waals surface area contributed by atoms with Crippen molar-refractivity contribution in [3.05, 3.63) is 29.3 Å². The number of rotatable bonds is 5. The summed E-state index contributed by atoms with van der Waals surface area (Å²) in [7, 11) is 1.29. The molecule has 0 unspecified atom stereocenters. The summed E-state index contributed by atoms with van der Waals surface area (Å²) in [5.41, 5.74) is -0.100. The first-order valence-corrected chi connectivity index (χ1v) is 5.48. The summed E-state index contributed by atoms with van der Waals surface area (Å²) in [6.45, 7) is 0. The number of hydrogen-bond acceptors (Lipinski definition) is 5. The molecular weight excluding hydrogens is 252 g/mol. The summed E-state index contributed by atoms with van der Waals surface area (Å²) in [6.07, 6.45) is 3.55. The van der Waals surface area contributed by atoms with Gasteiger partial charge in [-0.1, -0.05) is 12.2 Å². The maximum absolute atomic E-state index is 10.9. The Labute approximate surface area is 109 Å². The lowest BCUT2D eigenvalue weighted by molar-refractivity contribution is -0.140. The monoisotopic (exact) mass is 266 g/mol. The largest absolute Gasteiger partial charge is 0.507 e. The van der Waals surface area contributed by atoms with Gasteiger partial charge in [0.05, 0.1) is 18.2 Å². The number of benzene rings is 1. The Hall–Kier alpha value is -2.50. The molecular formula is C13H14O6. The Balaban J connectivity index is 2.82. The van der Waals surface area contributed by atoms with Crippen molar-refractivity contribution in [3.63, 3.8) is 0 Å². The molecule has 0 saturated heterocycles. The van der Waals surface area contributed by atoms with E-state index >= 15 is 0 Å². The van der Waals surface area contributed by atoms with Crippen LogP contribution < -0.4 is 0 Å². The molecule has 0 aliphatic heterocycles. The Kier molecular flexibility index (Phi) is 4.93. The van der Waals surface area contributed by atoms with E-state index in [1.165, 1.54) is 13.2 Å². The lowest BCUT2D eigenvalue weighted by Gasteiger charge is -2.04. The fraction of sp³-hybridized carbons (Fsp3) is 0.231. The highest BCUT2D eigenvalue weighted by Gasteiger charge is 2.11. The zero-order valence-electron chi connectivity index (χ0n) is 10.3. The predicted octanol–water partition coefficient (Wildman–Crippen LogP) is 1.76. The molecule has 1 aromatic carbocycles. The van der Waals surface area contributed by atoms with Crippen LogP contribution in [0.1, 0.15) is 28.8 Å². The van der Waals surface area contributed by atoms with E-state index in [0.717, 1.165) is 12.1 Å². The minimum atomic E-state index is -1.24. The van der Waals surface area contributed by atoms with Gasteiger partial charge in [-0.15, -0.1) is 0 Å². The van der Waals surface area contributed by atoms with Gasteiger partial charge < -0.3 is 20.1 Å². The number of aromatic carboxylic acids is 1. The molecule has 6 nitrogen and oxygen atoms in total. The van der Waals surface area contributed by atoms with E-state index in [2.05, 4.69) is 4.74 Å². The van der Waals surface area contributed by atoms with Crippen molar-refractivity contribution in [2.75, 3.05) is 7.11 Å². The van der Waals surface area contributed by atoms with E-state index in [1.807, 2.05) is 0 Å². The number of carboxylic acid groups (broad SMARTS) is 1. The molecule has 0 atom stereocenters. The van der Waals surface area contributed by atoms with Gasteiger partial charge >= 0.3 is 11.9 Å². The lowest BCUT2D eigenvalue weighted by atomic mass is 10.1. The Morgan fingerprint density at radius 1 is 1.26 bits per heavy atom. The second-order valence-corrected chi connectivity index (χ2v) is 3.75. The van der Waals surface area contributed by atoms with Gasteiger partial charge in [-0.25, -0.2) is 4.79 Å². The molecule has 0 aromatic heterocycles. The maximum Gasteiger partial charge on any atom is 0.335 e. The number of phenolic OH excluding ortho intramolecular Hbond substituents is 2. The molecule has 102 valence electrons. The number of carbonyl (C=O) groups is 2. The summed E-state index contributed by atoms with van der Waals surface area (Å²) in [4.78, 5) is 21.5. The first kappa shape index (κ1) is 14.6. The summed E-state index contributed by atoms with van der Waals surface area (Å²) in [5.74, 6) is -2.29. The third kappa shape index (κ3) is 4.02. The number of ether oxygens (including phenoxy) is 1. The second-order valence-electron chi connectivity index (χ2n) is 3.75. The van der Waals surface area contributed by atoms with E-state index in [9.17, 15) is 19.8 Å². The van der Waals surface area contributed by atoms with Crippen LogP contribution in [0.25, 0.3) is 6.08 Å². The number of methoxy groups -OCH3 is 1. The number of carbonyl (C=O) groups excluding carboxylic acids is 1. The molecule has 0 heterocycles. The zero-order valence-corrected chi connectivity index (χ0v) is 10.3. The third-order valence-corrected chi connectivity index (χ3v) is 2.41. The lowest BCUT2D eigenvalue weighted by Crippen LogP contribution is -1.98. The number of aromatic hydroxyl groups is 2. The topological polar surface area (TPSA) is 104 Å². The van der Waals surface area contributed by atoms with Crippen molar-refractivity contribution in [3.8, 4) is 11.5 Å². The third-order valence-electron chi connectivity index (χ3n) is 2.41. The zero-order chi connectivity index (χ0) is 14.4. The molecule has 0 bridgehead atoms. The van der Waals surface area contributed by atoms with Crippen molar-refractivity contribution >= 4 is 18.0 Å². The van der Waals surface area contributed by atoms with Gasteiger partial charge in [0.25, 0.3) is 0 Å². The fourth-order valence-corrected chi connectivity index (χ4v) is 1.42. The molecule has 0 aliphatic carbocycles. The molecule has 1 rings (SSSR count). The van der Waals surface area contributed by atoms with E-state index in [1.54, 1.807) is 6.08 Å². The predicted molar refractivity (Wildman–Crippen MR) is 67.0 cm³/mol. The Morgan fingerprint density at radius 3 is 2.32 bits per heavy atom. The van der Waals surface area contributed by atoms with Gasteiger partial charge in [-0.05, 0) is 18.6 Å². The van der Waals surface area contributed by atoms with Gasteiger partial charge in [-0.3, -0.25) is 4.79 Å². The molecule has 6 heteroatoms. The molecule has 0 spiro atoms. The number of phenols is 2. The molecule has 19 heavy (non-hydrogen) atoms. The van der Waals surface area contributed by atoms with Crippen LogP contribution in [0.3, 0.4) is 0 Å². The number of esters is 1. The van der Waals surface area contributed by atoms with Crippen LogP contribution in [0.5, 0.6) is 11.5 Å². The Morgan fingerprint density at radius 2 is 1.84 bits per heavy atom. The first-order chi connectivity index (χ1) is 8.95. The normalized spacial score (nSPS) is 10.6. The smallest absolute Gasteiger partial charge is 0.335 e. The second kappa shape index (κ2) is 6.44. The maximum atomic E-state index is 10.9. The molecule has 0 aliphatic rings. The summed E-state index contributed by atoms with van der Waals surface area (Å²) in [6, 6.07) is 2.09. The minimum absolute atomic E-state index is 0.106. The van der Waals surface area contributed by atoms with Crippen LogP contribution in [0.2, 0.25) is 0 Å². The summed E-state index contributed by atoms with van der Waals surface area (Å²) in [5, 5.41) is 28.0. The van der Waals surface area contributed by atoms with Crippen molar-refractivity contribution in [2.24, 2.45) is 0 Å². The van der Waals surface area contributed by atoms with E-state index in [0.29, 0.717) is 6.42 Å². The quantitative estimate of drug-likeness (QED) is 0.701. The molecule has 0 amide bonds. The average molecular weight is 266 g/mol. The van der Waals surface area contributed by atoms with Gasteiger partial charge in [0, 0.05) is 6.42 Å². The highest BCUT2D eigenvalue weighted by atomic mass is 16.5. The van der Waals surface area contributed by atoms with Crippen LogP contribution in [-0.2, 0) is 9.53 Å². The first-order valence-electron chi connectivity index (χ1n) is 5.48. The standard InChI is InChI=1S/C13H14O6/c1-19-12(16)5-3-2-4-9-10(14)6-8(13(17)18)7-11(9)15/h2,4,6-7,14-15H,3,5H2,1H3,(H,17,18)/b4-2+. The SMILES string of the molecule is COC(=O)CC/C=C/c1c(O)cc(C(=O)O)cc1O. The summed E-state index contributed by atoms with van der Waals surface area (Å²) < 4.78 is 4.46. The Bertz CT molecular complexity index is 495. The average Bonchev–Trinajstić information content (AvgIpc) is 2.36. The van der Waals surface area contributed by atoms with Gasteiger partial charge in [0.2, 0.25) is 0 Å². The van der Waals surface area contributed by atoms with Crippen molar-refractivity contribution < 1.29 is 29.6 Å². The van der Waals surface area contributed by atoms with Crippen LogP contribution >= 0.6 is 0 Å². The molecule has 0 fully saturated rings. The van der Waals surface area contributed by atoms with E-state index in [-0.39, 0.29) is 35.0 Å². The number of hydrogen-bond donors (Lipinski definition) is 3. The fourth-order valence-electron chi connectivity index (χ4n) is 1.42. The molecule has 0 saturated carbocycles. The van der Waals surface area contributed by atoms with Crippen molar-refractivity contribution in [1.82, 2.24) is 0 Å². The summed E-state index contributed by atoms with van der Waals surface area (Å²) >= 11 is 0. The van der Waals surface area contributed by atoms with Gasteiger partial charge in [-0.2, -0.15) is 0 Å². The van der Waals surface area contributed by atoms with Gasteiger partial charge in [0.1, 0.15) is 11.5 Å².